The Morgan fingerprint density at radius 3 is 2.30 bits per heavy atom. The number of alkyl halides is 3. The van der Waals surface area contributed by atoms with Crippen LogP contribution in [0.1, 0.15) is 26.3 Å². The van der Waals surface area contributed by atoms with Gasteiger partial charge in [0.05, 0.1) is 10.5 Å². The molecule has 0 aliphatic heterocycles. The monoisotopic (exact) mass is 335 g/mol. The fourth-order valence-corrected chi connectivity index (χ4v) is 1.51. The van der Waals surface area contributed by atoms with E-state index in [1.54, 1.807) is 20.8 Å². The van der Waals surface area contributed by atoms with Gasteiger partial charge in [-0.15, -0.1) is 0 Å². The Morgan fingerprint density at radius 2 is 1.87 bits per heavy atom. The van der Waals surface area contributed by atoms with E-state index < -0.39 is 34.0 Å². The van der Waals surface area contributed by atoms with Crippen LogP contribution >= 0.6 is 0 Å². The fraction of sp³-hybridized carbons (Fsp3) is 0.462. The summed E-state index contributed by atoms with van der Waals surface area (Å²) in [6.45, 7) is 4.87. The molecule has 1 aromatic carbocycles. The quantitative estimate of drug-likeness (QED) is 0.671. The Hall–Kier alpha value is -2.52. The van der Waals surface area contributed by atoms with Gasteiger partial charge in [0.15, 0.2) is 0 Å². The first-order chi connectivity index (χ1) is 10.3. The summed E-state index contributed by atoms with van der Waals surface area (Å²) >= 11 is 0. The van der Waals surface area contributed by atoms with Crippen molar-refractivity contribution >= 4 is 17.5 Å². The number of hydrogen-bond acceptors (Lipinski definition) is 5. The summed E-state index contributed by atoms with van der Waals surface area (Å²) in [7, 11) is 1.23. The molecule has 0 aromatic heterocycles. The van der Waals surface area contributed by atoms with Crippen LogP contribution in [0.25, 0.3) is 0 Å². The number of nitro groups is 1. The SMILES string of the molecule is CN(Nc1ccc(C(F)(F)F)cc1[N+](=O)[O-])C(=O)OC(C)(C)C. The Morgan fingerprint density at radius 1 is 1.30 bits per heavy atom. The van der Waals surface area contributed by atoms with Gasteiger partial charge < -0.3 is 4.74 Å². The van der Waals surface area contributed by atoms with Gasteiger partial charge in [0, 0.05) is 13.1 Å². The second-order valence-corrected chi connectivity index (χ2v) is 5.64. The molecule has 0 saturated heterocycles. The number of benzene rings is 1. The van der Waals surface area contributed by atoms with Gasteiger partial charge in [-0.1, -0.05) is 0 Å². The summed E-state index contributed by atoms with van der Waals surface area (Å²) in [5.74, 6) is 0. The highest BCUT2D eigenvalue weighted by atomic mass is 19.4. The second kappa shape index (κ2) is 6.31. The van der Waals surface area contributed by atoms with Crippen molar-refractivity contribution in [2.24, 2.45) is 0 Å². The number of nitro benzene ring substituents is 1. The number of nitrogens with one attached hydrogen (secondary N) is 1. The van der Waals surface area contributed by atoms with Gasteiger partial charge in [0.1, 0.15) is 11.3 Å². The Balaban J connectivity index is 3.04. The number of carbonyl (C=O) groups is 1. The van der Waals surface area contributed by atoms with Crippen molar-refractivity contribution in [1.29, 1.82) is 0 Å². The van der Waals surface area contributed by atoms with Crippen LogP contribution in [0.15, 0.2) is 18.2 Å². The number of amides is 1. The zero-order valence-corrected chi connectivity index (χ0v) is 12.9. The lowest BCUT2D eigenvalue weighted by Crippen LogP contribution is -2.37. The van der Waals surface area contributed by atoms with Crippen LogP contribution < -0.4 is 5.43 Å². The first-order valence-electron chi connectivity index (χ1n) is 6.40. The number of halogens is 3. The number of nitrogens with zero attached hydrogens (tertiary/aromatic N) is 2. The van der Waals surface area contributed by atoms with Crippen molar-refractivity contribution in [3.63, 3.8) is 0 Å². The third kappa shape index (κ3) is 5.31. The average Bonchev–Trinajstić information content (AvgIpc) is 2.35. The van der Waals surface area contributed by atoms with Crippen molar-refractivity contribution in [2.45, 2.75) is 32.5 Å². The number of hydrogen-bond donors (Lipinski definition) is 1. The molecule has 0 aliphatic carbocycles. The standard InChI is InChI=1S/C13H16F3N3O4/c1-12(2,3)23-11(20)18(4)17-9-6-5-8(13(14,15)16)7-10(9)19(21)22/h5-7,17H,1-4H3. The lowest BCUT2D eigenvalue weighted by molar-refractivity contribution is -0.384. The van der Waals surface area contributed by atoms with Gasteiger partial charge in [0.25, 0.3) is 5.69 Å². The summed E-state index contributed by atoms with van der Waals surface area (Å²) in [4.78, 5) is 21.7. The van der Waals surface area contributed by atoms with E-state index in [1.165, 1.54) is 7.05 Å². The zero-order valence-electron chi connectivity index (χ0n) is 12.9. The molecule has 0 saturated carbocycles. The zero-order chi connectivity index (χ0) is 18.0. The summed E-state index contributed by atoms with van der Waals surface area (Å²) in [5, 5.41) is 11.8. The highest BCUT2D eigenvalue weighted by Crippen LogP contribution is 2.35. The summed E-state index contributed by atoms with van der Waals surface area (Å²) in [6.07, 6.45) is -5.55. The van der Waals surface area contributed by atoms with Gasteiger partial charge in [-0.05, 0) is 32.9 Å². The molecule has 1 amide bonds. The number of carbonyl (C=O) groups excluding carboxylic acids is 1. The topological polar surface area (TPSA) is 84.7 Å². The predicted molar refractivity (Wildman–Crippen MR) is 75.7 cm³/mol. The molecule has 0 radical (unpaired) electrons. The smallest absolute Gasteiger partial charge is 0.428 e. The Bertz CT molecular complexity index is 611. The van der Waals surface area contributed by atoms with E-state index in [0.717, 1.165) is 11.1 Å². The van der Waals surface area contributed by atoms with E-state index in [0.29, 0.717) is 12.1 Å². The summed E-state index contributed by atoms with van der Waals surface area (Å²) < 4.78 is 42.9. The van der Waals surface area contributed by atoms with Gasteiger partial charge in [-0.25, -0.2) is 9.80 Å². The summed E-state index contributed by atoms with van der Waals surface area (Å²) in [5.41, 5.74) is -0.685. The number of ether oxygens (including phenoxy) is 1. The molecule has 7 nitrogen and oxygen atoms in total. The third-order valence-electron chi connectivity index (χ3n) is 2.48. The van der Waals surface area contributed by atoms with Crippen molar-refractivity contribution in [3.05, 3.63) is 33.9 Å². The highest BCUT2D eigenvalue weighted by Gasteiger charge is 2.33. The highest BCUT2D eigenvalue weighted by molar-refractivity contribution is 5.72. The molecule has 0 aliphatic rings. The van der Waals surface area contributed by atoms with Crippen LogP contribution in [0.3, 0.4) is 0 Å². The van der Waals surface area contributed by atoms with Crippen molar-refractivity contribution in [1.82, 2.24) is 5.01 Å². The second-order valence-electron chi connectivity index (χ2n) is 5.64. The number of hydrazine groups is 1. The molecule has 0 heterocycles. The summed E-state index contributed by atoms with van der Waals surface area (Å²) in [6, 6.07) is 1.95. The normalized spacial score (nSPS) is 11.8. The number of anilines is 1. The first kappa shape index (κ1) is 18.5. The lowest BCUT2D eigenvalue weighted by atomic mass is 10.1. The molecule has 0 unspecified atom stereocenters. The maximum absolute atomic E-state index is 12.6. The third-order valence-corrected chi connectivity index (χ3v) is 2.48. The van der Waals surface area contributed by atoms with Crippen molar-refractivity contribution in [3.8, 4) is 0 Å². The average molecular weight is 335 g/mol. The maximum Gasteiger partial charge on any atom is 0.428 e. The maximum atomic E-state index is 12.6. The van der Waals surface area contributed by atoms with Crippen LogP contribution in [-0.4, -0.2) is 28.7 Å². The molecule has 23 heavy (non-hydrogen) atoms. The molecule has 1 N–H and O–H groups in total. The largest absolute Gasteiger partial charge is 0.442 e. The van der Waals surface area contributed by atoms with E-state index in [-0.39, 0.29) is 5.69 Å². The molecular weight excluding hydrogens is 319 g/mol. The molecule has 10 heteroatoms. The van der Waals surface area contributed by atoms with Crippen LogP contribution in [0.4, 0.5) is 29.3 Å². The van der Waals surface area contributed by atoms with E-state index in [4.69, 9.17) is 4.74 Å². The van der Waals surface area contributed by atoms with Gasteiger partial charge >= 0.3 is 12.3 Å². The van der Waals surface area contributed by atoms with Crippen LogP contribution in [0.5, 0.6) is 0 Å². The van der Waals surface area contributed by atoms with Gasteiger partial charge in [-0.3, -0.25) is 15.5 Å². The van der Waals surface area contributed by atoms with Crippen molar-refractivity contribution < 1.29 is 27.6 Å². The van der Waals surface area contributed by atoms with Gasteiger partial charge in [0.2, 0.25) is 0 Å². The first-order valence-corrected chi connectivity index (χ1v) is 6.40. The van der Waals surface area contributed by atoms with E-state index in [9.17, 15) is 28.1 Å². The molecule has 0 bridgehead atoms. The number of rotatable bonds is 3. The van der Waals surface area contributed by atoms with Crippen LogP contribution in [-0.2, 0) is 10.9 Å². The molecule has 128 valence electrons. The van der Waals surface area contributed by atoms with Gasteiger partial charge in [-0.2, -0.15) is 13.2 Å². The van der Waals surface area contributed by atoms with Crippen molar-refractivity contribution in [2.75, 3.05) is 12.5 Å². The Labute approximate surface area is 130 Å². The lowest BCUT2D eigenvalue weighted by Gasteiger charge is -2.25. The predicted octanol–water partition coefficient (Wildman–Crippen LogP) is 3.81. The van der Waals surface area contributed by atoms with Crippen LogP contribution in [0.2, 0.25) is 0 Å². The van der Waals surface area contributed by atoms with E-state index in [2.05, 4.69) is 5.43 Å². The Kier molecular flexibility index (Phi) is 5.08. The molecule has 0 atom stereocenters. The molecule has 1 aromatic rings. The van der Waals surface area contributed by atoms with E-state index >= 15 is 0 Å². The fourth-order valence-electron chi connectivity index (χ4n) is 1.51. The van der Waals surface area contributed by atoms with E-state index in [1.807, 2.05) is 0 Å². The minimum atomic E-state index is -4.71. The van der Waals surface area contributed by atoms with Crippen LogP contribution in [0, 0.1) is 10.1 Å². The minimum absolute atomic E-state index is 0.267. The minimum Gasteiger partial charge on any atom is -0.442 e. The molecular formula is C13H16F3N3O4. The molecule has 0 fully saturated rings. The molecule has 1 rings (SSSR count). The molecule has 0 spiro atoms.